The van der Waals surface area contributed by atoms with Gasteiger partial charge in [-0.25, -0.2) is 12.2 Å². The van der Waals surface area contributed by atoms with Crippen molar-refractivity contribution in [2.24, 2.45) is 0 Å². The monoisotopic (exact) mass is 381 g/mol. The van der Waals surface area contributed by atoms with Gasteiger partial charge in [0.25, 0.3) is 0 Å². The summed E-state index contributed by atoms with van der Waals surface area (Å²) in [6, 6.07) is 9.87. The molecule has 0 unspecified atom stereocenters. The van der Waals surface area contributed by atoms with Crippen LogP contribution in [0.25, 0.3) is 0 Å². The van der Waals surface area contributed by atoms with Crippen LogP contribution in [0.5, 0.6) is 0 Å². The van der Waals surface area contributed by atoms with Gasteiger partial charge in [0, 0.05) is 0 Å². The zero-order chi connectivity index (χ0) is 8.65. The quantitative estimate of drug-likeness (QED) is 0.595. The van der Waals surface area contributed by atoms with Crippen molar-refractivity contribution < 1.29 is 21.1 Å². The van der Waals surface area contributed by atoms with Crippen LogP contribution >= 0.6 is 0 Å². The first-order valence-corrected chi connectivity index (χ1v) is 3.98. The third-order valence-electron chi connectivity index (χ3n) is 1.43. The van der Waals surface area contributed by atoms with E-state index in [0.717, 1.165) is 12.0 Å². The normalized spacial score (nSPS) is 9.87. The molecule has 0 fully saturated rings. The van der Waals surface area contributed by atoms with Crippen LogP contribution in [0.2, 0.25) is 0 Å². The topological polar surface area (TPSA) is 0 Å². The van der Waals surface area contributed by atoms with Gasteiger partial charge >= 0.3 is 21.1 Å². The van der Waals surface area contributed by atoms with Gasteiger partial charge in [-0.05, 0) is 0 Å². The van der Waals surface area contributed by atoms with Crippen molar-refractivity contribution in [2.45, 2.75) is 6.42 Å². The molecule has 1 aromatic carbocycles. The van der Waals surface area contributed by atoms with Crippen LogP contribution in [0.1, 0.15) is 12.0 Å². The number of hydrogen-bond acceptors (Lipinski definition) is 0. The van der Waals surface area contributed by atoms with Crippen molar-refractivity contribution >= 4 is 0 Å². The third kappa shape index (κ3) is 11.2. The Morgan fingerprint density at radius 2 is 1.67 bits per heavy atom. The minimum Gasteiger partial charge on any atom is -0.358 e. The summed E-state index contributed by atoms with van der Waals surface area (Å²) in [7, 11) is 0. The van der Waals surface area contributed by atoms with Gasteiger partial charge in [0.2, 0.25) is 0 Å². The summed E-state index contributed by atoms with van der Waals surface area (Å²) in [6.45, 7) is 3.72. The van der Waals surface area contributed by atoms with E-state index in [9.17, 15) is 0 Å². The Balaban J connectivity index is -0.000000165. The van der Waals surface area contributed by atoms with Gasteiger partial charge in [-0.2, -0.15) is 30.7 Å². The summed E-state index contributed by atoms with van der Waals surface area (Å²) in [5.74, 6) is 0. The SMILES string of the molecule is [C-]1=CC=CC1.[CH2-]c1ccccc1.[CH3-].[CH3-].[Pt+4]. The Morgan fingerprint density at radius 1 is 1.07 bits per heavy atom. The summed E-state index contributed by atoms with van der Waals surface area (Å²) in [5, 5.41) is 0. The molecule has 0 nitrogen and oxygen atoms in total. The first-order valence-electron chi connectivity index (χ1n) is 3.98. The summed E-state index contributed by atoms with van der Waals surface area (Å²) < 4.78 is 0. The van der Waals surface area contributed by atoms with Crippen molar-refractivity contribution in [1.82, 2.24) is 0 Å². The molecule has 0 atom stereocenters. The van der Waals surface area contributed by atoms with Crippen molar-refractivity contribution in [3.63, 3.8) is 0 Å². The van der Waals surface area contributed by atoms with E-state index in [4.69, 9.17) is 0 Å². The zero-order valence-corrected chi connectivity index (χ0v) is 11.6. The first-order chi connectivity index (χ1) is 5.89. The van der Waals surface area contributed by atoms with Crippen molar-refractivity contribution in [1.29, 1.82) is 0 Å². The van der Waals surface area contributed by atoms with Crippen LogP contribution in [0.15, 0.2) is 48.6 Å². The van der Waals surface area contributed by atoms with E-state index in [1.165, 1.54) is 0 Å². The molecule has 0 saturated carbocycles. The molecular formula is C14H18Pt. The Morgan fingerprint density at radius 3 is 1.87 bits per heavy atom. The molecule has 0 spiro atoms. The average molecular weight is 381 g/mol. The smallest absolute Gasteiger partial charge is 0.358 e. The third-order valence-corrected chi connectivity index (χ3v) is 1.43. The van der Waals surface area contributed by atoms with Gasteiger partial charge in [0.1, 0.15) is 0 Å². The predicted molar refractivity (Wildman–Crippen MR) is 65.3 cm³/mol. The van der Waals surface area contributed by atoms with E-state index in [2.05, 4.69) is 19.1 Å². The van der Waals surface area contributed by atoms with Crippen LogP contribution < -0.4 is 0 Å². The van der Waals surface area contributed by atoms with E-state index < -0.39 is 0 Å². The molecule has 84 valence electrons. The average Bonchev–Trinajstić information content (AvgIpc) is 2.62. The van der Waals surface area contributed by atoms with Crippen molar-refractivity contribution in [3.05, 3.63) is 82.0 Å². The van der Waals surface area contributed by atoms with E-state index in [1.54, 1.807) is 0 Å². The van der Waals surface area contributed by atoms with Crippen LogP contribution in [0, 0.1) is 27.9 Å². The van der Waals surface area contributed by atoms with Gasteiger partial charge in [-0.15, -0.1) is 18.6 Å². The fourth-order valence-electron chi connectivity index (χ4n) is 0.818. The van der Waals surface area contributed by atoms with Crippen molar-refractivity contribution in [2.75, 3.05) is 0 Å². The number of allylic oxidation sites excluding steroid dienone is 4. The Hall–Kier alpha value is -0.742. The molecule has 1 aliphatic rings. The molecular weight excluding hydrogens is 363 g/mol. The fraction of sp³-hybridized carbons (Fsp3) is 0.0714. The van der Waals surface area contributed by atoms with Gasteiger partial charge in [0.15, 0.2) is 0 Å². The molecule has 0 bridgehead atoms. The maximum atomic E-state index is 3.72. The van der Waals surface area contributed by atoms with Gasteiger partial charge in [0.05, 0.1) is 0 Å². The largest absolute Gasteiger partial charge is 4.00 e. The Kier molecular flexibility index (Phi) is 17.5. The maximum absolute atomic E-state index is 3.72. The second-order valence-electron chi connectivity index (χ2n) is 2.49. The van der Waals surface area contributed by atoms with Crippen LogP contribution in [0.3, 0.4) is 0 Å². The predicted octanol–water partition coefficient (Wildman–Crippen LogP) is 4.07. The van der Waals surface area contributed by atoms with E-state index in [1.807, 2.05) is 42.5 Å². The Bertz CT molecular complexity index is 250. The fourth-order valence-corrected chi connectivity index (χ4v) is 0.818. The minimum absolute atomic E-state index is 0. The van der Waals surface area contributed by atoms with Gasteiger partial charge in [-0.3, -0.25) is 6.08 Å². The van der Waals surface area contributed by atoms with E-state index in [0.29, 0.717) is 0 Å². The number of benzene rings is 1. The molecule has 0 N–H and O–H groups in total. The molecule has 1 aliphatic carbocycles. The molecule has 0 aromatic heterocycles. The second-order valence-corrected chi connectivity index (χ2v) is 2.49. The standard InChI is InChI=1S/C7H7.C5H5.2CH3.Pt/c1-7-5-3-2-4-6-7;1-2-4-5-3-1;;;/h2-6H,1H2;1-3H,4H2;2*1H3;/q4*-1;+4. The summed E-state index contributed by atoms with van der Waals surface area (Å²) in [4.78, 5) is 0. The molecule has 0 amide bonds. The molecule has 2 rings (SSSR count). The molecule has 0 saturated heterocycles. The molecule has 0 heterocycles. The van der Waals surface area contributed by atoms with Gasteiger partial charge in [-0.1, -0.05) is 6.07 Å². The van der Waals surface area contributed by atoms with E-state index >= 15 is 0 Å². The molecule has 0 radical (unpaired) electrons. The molecule has 0 aliphatic heterocycles. The zero-order valence-electron chi connectivity index (χ0n) is 9.35. The summed E-state index contributed by atoms with van der Waals surface area (Å²) in [5.41, 5.74) is 1.07. The van der Waals surface area contributed by atoms with Crippen LogP contribution in [0.4, 0.5) is 0 Å². The second kappa shape index (κ2) is 13.3. The van der Waals surface area contributed by atoms with E-state index in [-0.39, 0.29) is 35.9 Å². The minimum atomic E-state index is 0. The number of hydrogen-bond donors (Lipinski definition) is 0. The van der Waals surface area contributed by atoms with Crippen molar-refractivity contribution in [3.8, 4) is 0 Å². The number of rotatable bonds is 0. The molecule has 1 heteroatoms. The van der Waals surface area contributed by atoms with Crippen LogP contribution in [-0.2, 0) is 21.1 Å². The Labute approximate surface area is 109 Å². The summed E-state index contributed by atoms with van der Waals surface area (Å²) >= 11 is 0. The maximum Gasteiger partial charge on any atom is 4.00 e. The van der Waals surface area contributed by atoms with Crippen LogP contribution in [-0.4, -0.2) is 0 Å². The molecule has 15 heavy (non-hydrogen) atoms. The molecule has 1 aromatic rings. The van der Waals surface area contributed by atoms with Gasteiger partial charge < -0.3 is 14.9 Å². The first kappa shape index (κ1) is 19.8. The summed E-state index contributed by atoms with van der Waals surface area (Å²) in [6.07, 6.45) is 10.0.